The number of hydrogen-bond donors (Lipinski definition) is 1. The molecule has 0 atom stereocenters. The number of aromatic nitrogens is 4. The van der Waals surface area contributed by atoms with Gasteiger partial charge in [0.15, 0.2) is 16.1 Å². The van der Waals surface area contributed by atoms with E-state index in [9.17, 15) is 4.79 Å². The molecule has 0 spiro atoms. The molecular formula is C26H27N5O2S2. The average molecular weight is 506 g/mol. The van der Waals surface area contributed by atoms with Crippen LogP contribution >= 0.6 is 23.1 Å². The van der Waals surface area contributed by atoms with E-state index < -0.39 is 0 Å². The molecule has 1 aliphatic rings. The Labute approximate surface area is 213 Å². The molecule has 1 amide bonds. The summed E-state index contributed by atoms with van der Waals surface area (Å²) in [7, 11) is 1.91. The molecule has 2 aromatic heterocycles. The van der Waals surface area contributed by atoms with Crippen LogP contribution < -0.4 is 10.1 Å². The Hall–Kier alpha value is -3.17. The highest BCUT2D eigenvalue weighted by Crippen LogP contribution is 2.28. The highest BCUT2D eigenvalue weighted by Gasteiger charge is 2.17. The lowest BCUT2D eigenvalue weighted by Crippen LogP contribution is -2.14. The van der Waals surface area contributed by atoms with E-state index in [4.69, 9.17) is 4.74 Å². The van der Waals surface area contributed by atoms with E-state index in [1.165, 1.54) is 41.5 Å². The number of carbonyl (C=O) groups excluding carboxylic acids is 1. The van der Waals surface area contributed by atoms with Gasteiger partial charge in [0.25, 0.3) is 0 Å². The number of nitrogens with one attached hydrogen (secondary N) is 1. The SMILES string of the molecule is Cc1ccc(-c2csc(NC(=O)CSc3nnc(-c4ccc(OC5CCCC5)cc4)n3C)n2)cc1. The van der Waals surface area contributed by atoms with Gasteiger partial charge in [0.2, 0.25) is 5.91 Å². The fourth-order valence-electron chi connectivity index (χ4n) is 4.05. The molecule has 0 saturated heterocycles. The van der Waals surface area contributed by atoms with Crippen molar-refractivity contribution in [2.45, 2.75) is 43.9 Å². The van der Waals surface area contributed by atoms with Crippen molar-refractivity contribution in [3.05, 3.63) is 59.5 Å². The molecule has 2 heterocycles. The number of thioether (sulfide) groups is 1. The first-order valence-electron chi connectivity index (χ1n) is 11.7. The molecule has 7 nitrogen and oxygen atoms in total. The first-order chi connectivity index (χ1) is 17.0. The van der Waals surface area contributed by atoms with Crippen molar-refractivity contribution < 1.29 is 9.53 Å². The fourth-order valence-corrected chi connectivity index (χ4v) is 5.49. The van der Waals surface area contributed by atoms with Crippen molar-refractivity contribution in [3.8, 4) is 28.4 Å². The first kappa shape index (κ1) is 23.6. The Morgan fingerprint density at radius 2 is 1.80 bits per heavy atom. The molecule has 35 heavy (non-hydrogen) atoms. The Morgan fingerprint density at radius 1 is 1.09 bits per heavy atom. The minimum atomic E-state index is -0.127. The van der Waals surface area contributed by atoms with Gasteiger partial charge in [0.1, 0.15) is 5.75 Å². The largest absolute Gasteiger partial charge is 0.490 e. The summed E-state index contributed by atoms with van der Waals surface area (Å²) in [6.45, 7) is 2.05. The van der Waals surface area contributed by atoms with Crippen LogP contribution in [0.25, 0.3) is 22.6 Å². The minimum Gasteiger partial charge on any atom is -0.490 e. The van der Waals surface area contributed by atoms with Crippen LogP contribution in [-0.2, 0) is 11.8 Å². The summed E-state index contributed by atoms with van der Waals surface area (Å²) in [5.74, 6) is 1.74. The van der Waals surface area contributed by atoms with Crippen LogP contribution in [0.4, 0.5) is 5.13 Å². The van der Waals surface area contributed by atoms with Crippen LogP contribution in [0.1, 0.15) is 31.2 Å². The zero-order chi connectivity index (χ0) is 24.2. The average Bonchev–Trinajstić information content (AvgIpc) is 3.61. The monoisotopic (exact) mass is 505 g/mol. The highest BCUT2D eigenvalue weighted by atomic mass is 32.2. The maximum absolute atomic E-state index is 12.5. The molecule has 2 aromatic carbocycles. The number of benzene rings is 2. The number of aryl methyl sites for hydroxylation is 1. The van der Waals surface area contributed by atoms with Crippen LogP contribution in [0.3, 0.4) is 0 Å². The number of carbonyl (C=O) groups is 1. The second kappa shape index (κ2) is 10.6. The molecule has 0 radical (unpaired) electrons. The van der Waals surface area contributed by atoms with E-state index in [1.807, 2.05) is 53.4 Å². The smallest absolute Gasteiger partial charge is 0.236 e. The number of anilines is 1. The van der Waals surface area contributed by atoms with Crippen molar-refractivity contribution in [1.82, 2.24) is 19.7 Å². The number of amides is 1. The topological polar surface area (TPSA) is 81.9 Å². The van der Waals surface area contributed by atoms with E-state index >= 15 is 0 Å². The van der Waals surface area contributed by atoms with Gasteiger partial charge in [-0.1, -0.05) is 41.6 Å². The summed E-state index contributed by atoms with van der Waals surface area (Å²) in [4.78, 5) is 17.0. The third-order valence-corrected chi connectivity index (χ3v) is 7.76. The predicted molar refractivity (Wildman–Crippen MR) is 141 cm³/mol. The van der Waals surface area contributed by atoms with Gasteiger partial charge in [-0.15, -0.1) is 21.5 Å². The normalized spacial score (nSPS) is 13.8. The summed E-state index contributed by atoms with van der Waals surface area (Å²) in [5.41, 5.74) is 4.05. The van der Waals surface area contributed by atoms with E-state index in [2.05, 4.69) is 39.6 Å². The zero-order valence-electron chi connectivity index (χ0n) is 19.7. The molecular weight excluding hydrogens is 478 g/mol. The third kappa shape index (κ3) is 5.74. The number of hydrogen-bond acceptors (Lipinski definition) is 7. The van der Waals surface area contributed by atoms with Crippen molar-refractivity contribution in [2.24, 2.45) is 7.05 Å². The van der Waals surface area contributed by atoms with Crippen LogP contribution in [-0.4, -0.2) is 37.5 Å². The molecule has 5 rings (SSSR count). The molecule has 180 valence electrons. The highest BCUT2D eigenvalue weighted by molar-refractivity contribution is 7.99. The maximum atomic E-state index is 12.5. The first-order valence-corrected chi connectivity index (χ1v) is 13.5. The van der Waals surface area contributed by atoms with Crippen molar-refractivity contribution in [1.29, 1.82) is 0 Å². The van der Waals surface area contributed by atoms with Crippen LogP contribution in [0, 0.1) is 6.92 Å². The lowest BCUT2D eigenvalue weighted by Gasteiger charge is -2.13. The lowest BCUT2D eigenvalue weighted by molar-refractivity contribution is -0.113. The van der Waals surface area contributed by atoms with Gasteiger partial charge in [0.05, 0.1) is 17.6 Å². The molecule has 1 N–H and O–H groups in total. The van der Waals surface area contributed by atoms with E-state index in [0.29, 0.717) is 16.4 Å². The van der Waals surface area contributed by atoms with E-state index in [0.717, 1.165) is 41.2 Å². The summed E-state index contributed by atoms with van der Waals surface area (Å²) < 4.78 is 7.96. The Kier molecular flexibility index (Phi) is 7.15. The van der Waals surface area contributed by atoms with Gasteiger partial charge in [-0.25, -0.2) is 4.98 Å². The number of nitrogens with zero attached hydrogens (tertiary/aromatic N) is 4. The second-order valence-electron chi connectivity index (χ2n) is 8.65. The Bertz CT molecular complexity index is 1290. The second-order valence-corrected chi connectivity index (χ2v) is 10.5. The van der Waals surface area contributed by atoms with Gasteiger partial charge < -0.3 is 14.6 Å². The fraction of sp³-hybridized carbons (Fsp3) is 0.308. The molecule has 1 aliphatic carbocycles. The molecule has 0 unspecified atom stereocenters. The Morgan fingerprint density at radius 3 is 2.54 bits per heavy atom. The number of ether oxygens (including phenoxy) is 1. The van der Waals surface area contributed by atoms with E-state index in [1.54, 1.807) is 0 Å². The Balaban J connectivity index is 1.16. The van der Waals surface area contributed by atoms with Crippen LogP contribution in [0.15, 0.2) is 59.1 Å². The van der Waals surface area contributed by atoms with Gasteiger partial charge in [-0.3, -0.25) is 4.79 Å². The van der Waals surface area contributed by atoms with Gasteiger partial charge in [-0.2, -0.15) is 0 Å². The zero-order valence-corrected chi connectivity index (χ0v) is 21.4. The lowest BCUT2D eigenvalue weighted by atomic mass is 10.1. The maximum Gasteiger partial charge on any atom is 0.236 e. The van der Waals surface area contributed by atoms with Gasteiger partial charge in [0, 0.05) is 23.6 Å². The third-order valence-electron chi connectivity index (χ3n) is 5.98. The quantitative estimate of drug-likeness (QED) is 0.297. The van der Waals surface area contributed by atoms with Crippen LogP contribution in [0.5, 0.6) is 5.75 Å². The summed E-state index contributed by atoms with van der Waals surface area (Å²) >= 11 is 2.77. The molecule has 9 heteroatoms. The predicted octanol–water partition coefficient (Wildman–Crippen LogP) is 5.97. The standard InChI is InChI=1S/C26H27N5O2S2/c1-17-7-9-18(10-8-17)22-15-34-25(27-22)28-23(32)16-35-26-30-29-24(31(26)2)19-11-13-21(14-12-19)33-20-5-3-4-6-20/h7-15,20H,3-6,16H2,1-2H3,(H,27,28,32). The summed E-state index contributed by atoms with van der Waals surface area (Å²) in [6, 6.07) is 16.2. The summed E-state index contributed by atoms with van der Waals surface area (Å²) in [5, 5.41) is 14.7. The molecule has 1 fully saturated rings. The molecule has 1 saturated carbocycles. The van der Waals surface area contributed by atoms with Gasteiger partial charge >= 0.3 is 0 Å². The van der Waals surface area contributed by atoms with E-state index in [-0.39, 0.29) is 11.7 Å². The van der Waals surface area contributed by atoms with Crippen molar-refractivity contribution >= 4 is 34.1 Å². The molecule has 0 aliphatic heterocycles. The van der Waals surface area contributed by atoms with Crippen LogP contribution in [0.2, 0.25) is 0 Å². The summed E-state index contributed by atoms with van der Waals surface area (Å²) in [6.07, 6.45) is 5.10. The van der Waals surface area contributed by atoms with Gasteiger partial charge in [-0.05, 0) is 56.9 Å². The van der Waals surface area contributed by atoms with Crippen molar-refractivity contribution in [3.63, 3.8) is 0 Å². The van der Waals surface area contributed by atoms with Crippen molar-refractivity contribution in [2.75, 3.05) is 11.1 Å². The number of thiazole rings is 1. The minimum absolute atomic E-state index is 0.127. The number of rotatable bonds is 8. The molecule has 0 bridgehead atoms. The molecule has 4 aromatic rings.